The second kappa shape index (κ2) is 5.79. The first-order valence-corrected chi connectivity index (χ1v) is 6.17. The Kier molecular flexibility index (Phi) is 4.11. The molecular weight excluding hydrogens is 317 g/mol. The van der Waals surface area contributed by atoms with Gasteiger partial charge in [0.15, 0.2) is 0 Å². The molecule has 0 saturated heterocycles. The van der Waals surface area contributed by atoms with Crippen LogP contribution in [0.25, 0.3) is 0 Å². The van der Waals surface area contributed by atoms with E-state index in [-0.39, 0.29) is 18.0 Å². The van der Waals surface area contributed by atoms with Crippen molar-refractivity contribution < 1.29 is 14.1 Å². The number of halogens is 2. The Morgan fingerprint density at radius 3 is 2.68 bits per heavy atom. The fourth-order valence-corrected chi connectivity index (χ4v) is 1.91. The number of hydrogen-bond donors (Lipinski definition) is 0. The zero-order valence-electron chi connectivity index (χ0n) is 9.68. The van der Waals surface area contributed by atoms with Gasteiger partial charge in [-0.3, -0.25) is 10.1 Å². The van der Waals surface area contributed by atoms with Crippen LogP contribution >= 0.6 is 15.9 Å². The number of benzene rings is 2. The first-order chi connectivity index (χ1) is 9.06. The van der Waals surface area contributed by atoms with Gasteiger partial charge in [0, 0.05) is 16.1 Å². The minimum absolute atomic E-state index is 0.127. The maximum atomic E-state index is 13.2. The molecule has 0 saturated carbocycles. The van der Waals surface area contributed by atoms with Gasteiger partial charge >= 0.3 is 0 Å². The second-order valence-electron chi connectivity index (χ2n) is 3.78. The zero-order chi connectivity index (χ0) is 13.8. The van der Waals surface area contributed by atoms with Gasteiger partial charge in [0.2, 0.25) is 0 Å². The molecule has 0 N–H and O–H groups in total. The summed E-state index contributed by atoms with van der Waals surface area (Å²) in [6.07, 6.45) is 0. The minimum atomic E-state index is -0.698. The van der Waals surface area contributed by atoms with Crippen LogP contribution in [-0.2, 0) is 6.61 Å². The molecule has 0 unspecified atom stereocenters. The van der Waals surface area contributed by atoms with Crippen molar-refractivity contribution in [1.82, 2.24) is 0 Å². The average molecular weight is 326 g/mol. The van der Waals surface area contributed by atoms with Crippen LogP contribution in [0.15, 0.2) is 46.9 Å². The molecule has 19 heavy (non-hydrogen) atoms. The molecule has 0 heterocycles. The molecule has 0 radical (unpaired) electrons. The quantitative estimate of drug-likeness (QED) is 0.628. The molecule has 0 spiro atoms. The molecule has 6 heteroatoms. The number of ether oxygens (including phenoxy) is 1. The average Bonchev–Trinajstić information content (AvgIpc) is 2.37. The summed E-state index contributed by atoms with van der Waals surface area (Å²) in [7, 11) is 0. The number of hydrogen-bond acceptors (Lipinski definition) is 3. The second-order valence-corrected chi connectivity index (χ2v) is 4.64. The summed E-state index contributed by atoms with van der Waals surface area (Å²) in [5, 5.41) is 10.6. The molecule has 98 valence electrons. The first kappa shape index (κ1) is 13.5. The van der Waals surface area contributed by atoms with Gasteiger partial charge in [-0.05, 0) is 6.07 Å². The first-order valence-electron chi connectivity index (χ1n) is 5.37. The highest BCUT2D eigenvalue weighted by Gasteiger charge is 2.11. The van der Waals surface area contributed by atoms with Crippen molar-refractivity contribution in [2.24, 2.45) is 0 Å². The smallest absolute Gasteiger partial charge is 0.276 e. The van der Waals surface area contributed by atoms with Crippen molar-refractivity contribution in [3.63, 3.8) is 0 Å². The van der Waals surface area contributed by atoms with Crippen LogP contribution in [0.4, 0.5) is 10.1 Å². The third-order valence-corrected chi connectivity index (χ3v) is 3.19. The third kappa shape index (κ3) is 3.51. The van der Waals surface area contributed by atoms with E-state index in [2.05, 4.69) is 15.9 Å². The topological polar surface area (TPSA) is 52.4 Å². The number of nitro groups is 1. The van der Waals surface area contributed by atoms with E-state index in [0.29, 0.717) is 0 Å². The number of nitro benzene ring substituents is 1. The Morgan fingerprint density at radius 2 is 2.00 bits per heavy atom. The minimum Gasteiger partial charge on any atom is -0.488 e. The molecule has 0 bridgehead atoms. The van der Waals surface area contributed by atoms with Crippen molar-refractivity contribution >= 4 is 21.6 Å². The molecule has 2 rings (SSSR count). The van der Waals surface area contributed by atoms with E-state index in [0.717, 1.165) is 22.2 Å². The highest BCUT2D eigenvalue weighted by molar-refractivity contribution is 9.10. The Bertz CT molecular complexity index is 619. The van der Waals surface area contributed by atoms with Crippen LogP contribution in [0.1, 0.15) is 5.56 Å². The number of non-ortho nitro benzene ring substituents is 1. The summed E-state index contributed by atoms with van der Waals surface area (Å²) in [6, 6.07) is 10.6. The van der Waals surface area contributed by atoms with Gasteiger partial charge in [0.1, 0.15) is 18.2 Å². The molecule has 0 atom stereocenters. The fourth-order valence-electron chi connectivity index (χ4n) is 1.51. The van der Waals surface area contributed by atoms with Gasteiger partial charge < -0.3 is 4.74 Å². The van der Waals surface area contributed by atoms with Gasteiger partial charge in [-0.25, -0.2) is 4.39 Å². The maximum Gasteiger partial charge on any atom is 0.276 e. The Morgan fingerprint density at radius 1 is 1.26 bits per heavy atom. The summed E-state index contributed by atoms with van der Waals surface area (Å²) >= 11 is 3.36. The van der Waals surface area contributed by atoms with Crippen LogP contribution in [-0.4, -0.2) is 4.92 Å². The van der Waals surface area contributed by atoms with Crippen molar-refractivity contribution in [2.45, 2.75) is 6.61 Å². The lowest BCUT2D eigenvalue weighted by Crippen LogP contribution is -1.98. The van der Waals surface area contributed by atoms with E-state index in [1.807, 2.05) is 24.3 Å². The summed E-state index contributed by atoms with van der Waals surface area (Å²) in [6.45, 7) is 0.196. The van der Waals surface area contributed by atoms with Crippen LogP contribution < -0.4 is 4.74 Å². The molecule has 0 amide bonds. The lowest BCUT2D eigenvalue weighted by atomic mass is 10.2. The predicted octanol–water partition coefficient (Wildman–Crippen LogP) is 4.08. The lowest BCUT2D eigenvalue weighted by Gasteiger charge is -2.07. The number of rotatable bonds is 4. The summed E-state index contributed by atoms with van der Waals surface area (Å²) in [4.78, 5) is 9.95. The molecular formula is C13H9BrFNO3. The standard InChI is InChI=1S/C13H9BrFNO3/c14-13-4-2-1-3-9(13)8-19-12-6-10(15)5-11(7-12)16(17)18/h1-7H,8H2. The third-order valence-electron chi connectivity index (χ3n) is 2.42. The van der Waals surface area contributed by atoms with Gasteiger partial charge in [0.25, 0.3) is 5.69 Å². The van der Waals surface area contributed by atoms with E-state index in [9.17, 15) is 14.5 Å². The number of nitrogens with zero attached hydrogens (tertiary/aromatic N) is 1. The molecule has 0 fully saturated rings. The Hall–Kier alpha value is -1.95. The molecule has 4 nitrogen and oxygen atoms in total. The largest absolute Gasteiger partial charge is 0.488 e. The Balaban J connectivity index is 2.16. The molecule has 2 aromatic carbocycles. The van der Waals surface area contributed by atoms with Gasteiger partial charge in [-0.2, -0.15) is 0 Å². The van der Waals surface area contributed by atoms with Crippen LogP contribution in [0, 0.1) is 15.9 Å². The van der Waals surface area contributed by atoms with E-state index in [1.165, 1.54) is 6.07 Å². The summed E-state index contributed by atoms with van der Waals surface area (Å²) in [5.41, 5.74) is 0.538. The fraction of sp³-hybridized carbons (Fsp3) is 0.0769. The predicted molar refractivity (Wildman–Crippen MR) is 71.5 cm³/mol. The van der Waals surface area contributed by atoms with Crippen molar-refractivity contribution in [3.8, 4) is 5.75 Å². The molecule has 0 aromatic heterocycles. The van der Waals surface area contributed by atoms with Crippen molar-refractivity contribution in [2.75, 3.05) is 0 Å². The van der Waals surface area contributed by atoms with Crippen LogP contribution in [0.2, 0.25) is 0 Å². The normalized spacial score (nSPS) is 10.2. The van der Waals surface area contributed by atoms with Crippen LogP contribution in [0.3, 0.4) is 0 Å². The lowest BCUT2D eigenvalue weighted by molar-refractivity contribution is -0.385. The van der Waals surface area contributed by atoms with Gasteiger partial charge in [-0.1, -0.05) is 34.1 Å². The van der Waals surface area contributed by atoms with Crippen molar-refractivity contribution in [3.05, 3.63) is 68.4 Å². The molecule has 0 aliphatic rings. The molecule has 0 aliphatic heterocycles. The summed E-state index contributed by atoms with van der Waals surface area (Å²) < 4.78 is 19.4. The van der Waals surface area contributed by atoms with E-state index in [4.69, 9.17) is 4.74 Å². The van der Waals surface area contributed by atoms with Crippen molar-refractivity contribution in [1.29, 1.82) is 0 Å². The maximum absolute atomic E-state index is 13.2. The Labute approximate surface area is 117 Å². The monoisotopic (exact) mass is 325 g/mol. The highest BCUT2D eigenvalue weighted by Crippen LogP contribution is 2.24. The summed E-state index contributed by atoms with van der Waals surface area (Å²) in [5.74, 6) is -0.571. The van der Waals surface area contributed by atoms with E-state index >= 15 is 0 Å². The van der Waals surface area contributed by atoms with Crippen LogP contribution in [0.5, 0.6) is 5.75 Å². The highest BCUT2D eigenvalue weighted by atomic mass is 79.9. The SMILES string of the molecule is O=[N+]([O-])c1cc(F)cc(OCc2ccccc2Br)c1. The van der Waals surface area contributed by atoms with E-state index in [1.54, 1.807) is 0 Å². The zero-order valence-corrected chi connectivity index (χ0v) is 11.3. The molecule has 2 aromatic rings. The van der Waals surface area contributed by atoms with E-state index < -0.39 is 10.7 Å². The molecule has 0 aliphatic carbocycles. The van der Waals surface area contributed by atoms with Gasteiger partial charge in [0.05, 0.1) is 17.1 Å². The van der Waals surface area contributed by atoms with Gasteiger partial charge in [-0.15, -0.1) is 0 Å².